The van der Waals surface area contributed by atoms with Crippen molar-refractivity contribution in [1.29, 1.82) is 0 Å². The summed E-state index contributed by atoms with van der Waals surface area (Å²) < 4.78 is 10.6. The molecule has 1 N–H and O–H groups in total. The first-order valence-electron chi connectivity index (χ1n) is 6.68. The lowest BCUT2D eigenvalue weighted by molar-refractivity contribution is -0.141. The number of likely N-dealkylation sites (tertiary alicyclic amines) is 1. The van der Waals surface area contributed by atoms with Gasteiger partial charge < -0.3 is 19.5 Å². The van der Waals surface area contributed by atoms with Gasteiger partial charge in [-0.15, -0.1) is 0 Å². The SMILES string of the molecule is COc1cccc([C@H]2CN(C(C)=O)C[C@@H]2C(=O)O)c1OC. The number of carboxylic acids is 1. The highest BCUT2D eigenvalue weighted by Crippen LogP contribution is 2.41. The lowest BCUT2D eigenvalue weighted by atomic mass is 9.88. The summed E-state index contributed by atoms with van der Waals surface area (Å²) in [5.41, 5.74) is 0.757. The molecule has 21 heavy (non-hydrogen) atoms. The molecule has 0 saturated carbocycles. The van der Waals surface area contributed by atoms with Crippen LogP contribution >= 0.6 is 0 Å². The molecule has 0 bridgehead atoms. The van der Waals surface area contributed by atoms with Crippen LogP contribution in [0, 0.1) is 5.92 Å². The zero-order valence-electron chi connectivity index (χ0n) is 12.3. The molecule has 0 spiro atoms. The number of hydrogen-bond acceptors (Lipinski definition) is 4. The Morgan fingerprint density at radius 3 is 2.48 bits per heavy atom. The molecule has 0 unspecified atom stereocenters. The molecule has 114 valence electrons. The van der Waals surface area contributed by atoms with E-state index in [4.69, 9.17) is 9.47 Å². The number of carbonyl (C=O) groups is 2. The van der Waals surface area contributed by atoms with E-state index >= 15 is 0 Å². The van der Waals surface area contributed by atoms with Crippen LogP contribution in [0.5, 0.6) is 11.5 Å². The topological polar surface area (TPSA) is 76.1 Å². The first kappa shape index (κ1) is 15.2. The number of amides is 1. The number of para-hydroxylation sites is 1. The molecule has 1 heterocycles. The maximum Gasteiger partial charge on any atom is 0.308 e. The third kappa shape index (κ3) is 2.79. The second kappa shape index (κ2) is 6.03. The van der Waals surface area contributed by atoms with E-state index in [1.165, 1.54) is 21.1 Å². The molecule has 0 aliphatic carbocycles. The van der Waals surface area contributed by atoms with Crippen LogP contribution in [-0.4, -0.2) is 49.2 Å². The van der Waals surface area contributed by atoms with Gasteiger partial charge in [0.25, 0.3) is 0 Å². The van der Waals surface area contributed by atoms with E-state index in [2.05, 4.69) is 0 Å². The molecule has 1 fully saturated rings. The van der Waals surface area contributed by atoms with Crippen LogP contribution in [-0.2, 0) is 9.59 Å². The number of rotatable bonds is 4. The number of carboxylic acid groups (broad SMARTS) is 1. The second-order valence-electron chi connectivity index (χ2n) is 5.06. The lowest BCUT2D eigenvalue weighted by Crippen LogP contribution is -2.27. The van der Waals surface area contributed by atoms with Gasteiger partial charge in [-0.25, -0.2) is 0 Å². The standard InChI is InChI=1S/C15H19NO5/c1-9(17)16-7-11(12(8-16)15(18)19)10-5-4-6-13(20-2)14(10)21-3/h4-6,11-12H,7-8H2,1-3H3,(H,18,19)/t11-,12+/m1/s1. The van der Waals surface area contributed by atoms with Crippen LogP contribution in [0.25, 0.3) is 0 Å². The molecule has 1 aliphatic heterocycles. The maximum absolute atomic E-state index is 11.5. The van der Waals surface area contributed by atoms with Gasteiger partial charge in [-0.3, -0.25) is 9.59 Å². The molecule has 1 aromatic carbocycles. The van der Waals surface area contributed by atoms with Crippen LogP contribution in [0.4, 0.5) is 0 Å². The van der Waals surface area contributed by atoms with Crippen molar-refractivity contribution in [3.8, 4) is 11.5 Å². The van der Waals surface area contributed by atoms with Crippen molar-refractivity contribution in [2.45, 2.75) is 12.8 Å². The first-order chi connectivity index (χ1) is 9.99. The fourth-order valence-electron chi connectivity index (χ4n) is 2.83. The predicted molar refractivity (Wildman–Crippen MR) is 75.7 cm³/mol. The molecule has 1 saturated heterocycles. The molecule has 1 aliphatic rings. The average Bonchev–Trinajstić information content (AvgIpc) is 2.91. The summed E-state index contributed by atoms with van der Waals surface area (Å²) >= 11 is 0. The first-order valence-corrected chi connectivity index (χ1v) is 6.68. The fraction of sp³-hybridized carbons (Fsp3) is 0.467. The molecule has 2 atom stereocenters. The third-order valence-electron chi connectivity index (χ3n) is 3.92. The van der Waals surface area contributed by atoms with Crippen molar-refractivity contribution in [1.82, 2.24) is 4.90 Å². The van der Waals surface area contributed by atoms with Gasteiger partial charge in [0, 0.05) is 31.5 Å². The number of nitrogens with zero attached hydrogens (tertiary/aromatic N) is 1. The van der Waals surface area contributed by atoms with Crippen LogP contribution in [0.15, 0.2) is 18.2 Å². The Hall–Kier alpha value is -2.24. The number of carbonyl (C=O) groups excluding carboxylic acids is 1. The van der Waals surface area contributed by atoms with Crippen LogP contribution < -0.4 is 9.47 Å². The minimum Gasteiger partial charge on any atom is -0.493 e. The highest BCUT2D eigenvalue weighted by atomic mass is 16.5. The van der Waals surface area contributed by atoms with E-state index in [1.54, 1.807) is 17.0 Å². The number of benzene rings is 1. The molecule has 6 heteroatoms. The summed E-state index contributed by atoms with van der Waals surface area (Å²) in [4.78, 5) is 24.6. The van der Waals surface area contributed by atoms with E-state index in [0.717, 1.165) is 5.56 Å². The lowest BCUT2D eigenvalue weighted by Gasteiger charge is -2.19. The Bertz CT molecular complexity index is 557. The van der Waals surface area contributed by atoms with Gasteiger partial charge in [0.1, 0.15) is 0 Å². The van der Waals surface area contributed by atoms with E-state index in [-0.39, 0.29) is 18.4 Å². The predicted octanol–water partition coefficient (Wildman–Crippen LogP) is 1.35. The van der Waals surface area contributed by atoms with Gasteiger partial charge in [0.2, 0.25) is 5.91 Å². The Balaban J connectivity index is 2.43. The molecule has 0 aromatic heterocycles. The van der Waals surface area contributed by atoms with Crippen molar-refractivity contribution < 1.29 is 24.2 Å². The van der Waals surface area contributed by atoms with Crippen LogP contribution in [0.3, 0.4) is 0 Å². The fourth-order valence-corrected chi connectivity index (χ4v) is 2.83. The van der Waals surface area contributed by atoms with Crippen molar-refractivity contribution in [3.63, 3.8) is 0 Å². The summed E-state index contributed by atoms with van der Waals surface area (Å²) in [7, 11) is 3.06. The molecular formula is C15H19NO5. The maximum atomic E-state index is 11.5. The number of methoxy groups -OCH3 is 2. The zero-order chi connectivity index (χ0) is 15.6. The van der Waals surface area contributed by atoms with Gasteiger partial charge in [0.15, 0.2) is 11.5 Å². The largest absolute Gasteiger partial charge is 0.493 e. The molecule has 1 amide bonds. The van der Waals surface area contributed by atoms with Gasteiger partial charge in [-0.2, -0.15) is 0 Å². The summed E-state index contributed by atoms with van der Waals surface area (Å²) in [5.74, 6) is -0.896. The van der Waals surface area contributed by atoms with Gasteiger partial charge >= 0.3 is 5.97 Å². The second-order valence-corrected chi connectivity index (χ2v) is 5.06. The van der Waals surface area contributed by atoms with E-state index in [1.807, 2.05) is 6.07 Å². The highest BCUT2D eigenvalue weighted by Gasteiger charge is 2.41. The Morgan fingerprint density at radius 1 is 1.24 bits per heavy atom. The summed E-state index contributed by atoms with van der Waals surface area (Å²) in [6.45, 7) is 2.04. The molecule has 0 radical (unpaired) electrons. The smallest absolute Gasteiger partial charge is 0.308 e. The Morgan fingerprint density at radius 2 is 1.95 bits per heavy atom. The minimum absolute atomic E-state index is 0.120. The van der Waals surface area contributed by atoms with Gasteiger partial charge in [0.05, 0.1) is 20.1 Å². The van der Waals surface area contributed by atoms with Gasteiger partial charge in [-0.05, 0) is 6.07 Å². The highest BCUT2D eigenvalue weighted by molar-refractivity contribution is 5.78. The third-order valence-corrected chi connectivity index (χ3v) is 3.92. The monoisotopic (exact) mass is 293 g/mol. The van der Waals surface area contributed by atoms with Crippen molar-refractivity contribution in [2.75, 3.05) is 27.3 Å². The normalized spacial score (nSPS) is 21.2. The van der Waals surface area contributed by atoms with Gasteiger partial charge in [-0.1, -0.05) is 12.1 Å². The minimum atomic E-state index is -0.909. The molecule has 1 aromatic rings. The van der Waals surface area contributed by atoms with Crippen molar-refractivity contribution in [2.24, 2.45) is 5.92 Å². The Labute approximate surface area is 123 Å². The number of hydrogen-bond donors (Lipinski definition) is 1. The summed E-state index contributed by atoms with van der Waals surface area (Å²) in [6, 6.07) is 5.38. The number of aliphatic carboxylic acids is 1. The number of ether oxygens (including phenoxy) is 2. The average molecular weight is 293 g/mol. The van der Waals surface area contributed by atoms with Crippen LogP contribution in [0.2, 0.25) is 0 Å². The summed E-state index contributed by atoms with van der Waals surface area (Å²) in [6.07, 6.45) is 0. The zero-order valence-corrected chi connectivity index (χ0v) is 12.3. The molecule has 6 nitrogen and oxygen atoms in total. The molecular weight excluding hydrogens is 274 g/mol. The van der Waals surface area contributed by atoms with Crippen molar-refractivity contribution >= 4 is 11.9 Å². The van der Waals surface area contributed by atoms with E-state index < -0.39 is 11.9 Å². The van der Waals surface area contributed by atoms with Crippen LogP contribution in [0.1, 0.15) is 18.4 Å². The quantitative estimate of drug-likeness (QED) is 0.907. The Kier molecular flexibility index (Phi) is 4.35. The van der Waals surface area contributed by atoms with Crippen molar-refractivity contribution in [3.05, 3.63) is 23.8 Å². The summed E-state index contributed by atoms with van der Waals surface area (Å²) in [5, 5.41) is 9.42. The molecule has 2 rings (SSSR count). The van der Waals surface area contributed by atoms with E-state index in [0.29, 0.717) is 18.0 Å². The van der Waals surface area contributed by atoms with E-state index in [9.17, 15) is 14.7 Å².